The van der Waals surface area contributed by atoms with Gasteiger partial charge in [0, 0.05) is 18.0 Å². The summed E-state index contributed by atoms with van der Waals surface area (Å²) in [4.78, 5) is 10.0. The van der Waals surface area contributed by atoms with Crippen molar-refractivity contribution in [3.63, 3.8) is 0 Å². The highest BCUT2D eigenvalue weighted by Crippen LogP contribution is 2.25. The highest BCUT2D eigenvalue weighted by atomic mass is 19.2. The lowest BCUT2D eigenvalue weighted by Crippen LogP contribution is -2.15. The second-order valence-electron chi connectivity index (χ2n) is 11.0. The molecule has 0 N–H and O–H groups in total. The van der Waals surface area contributed by atoms with Crippen molar-refractivity contribution in [2.45, 2.75) is 78.6 Å². The van der Waals surface area contributed by atoms with Crippen molar-refractivity contribution in [1.82, 2.24) is 15.0 Å². The molecule has 3 nitrogen and oxygen atoms in total. The van der Waals surface area contributed by atoms with Crippen LogP contribution in [-0.4, -0.2) is 15.0 Å². The van der Waals surface area contributed by atoms with Gasteiger partial charge in [0.15, 0.2) is 5.82 Å². The van der Waals surface area contributed by atoms with Gasteiger partial charge in [-0.05, 0) is 51.6 Å². The van der Waals surface area contributed by atoms with Crippen LogP contribution in [0.1, 0.15) is 79.0 Å². The third-order valence-corrected chi connectivity index (χ3v) is 4.86. The van der Waals surface area contributed by atoms with Crippen molar-refractivity contribution in [3.8, 4) is 0 Å². The summed E-state index contributed by atoms with van der Waals surface area (Å²) in [6, 6.07) is 5.81. The van der Waals surface area contributed by atoms with Gasteiger partial charge in [-0.25, -0.2) is 13.8 Å². The van der Waals surface area contributed by atoms with E-state index in [0.29, 0.717) is 16.7 Å². The van der Waals surface area contributed by atoms with Crippen molar-refractivity contribution >= 4 is 0 Å². The Hall–Kier alpha value is -2.90. The zero-order valence-electron chi connectivity index (χ0n) is 21.8. The second kappa shape index (κ2) is 11.7. The lowest BCUT2D eigenvalue weighted by Gasteiger charge is -2.18. The SMILES string of the molecule is CC(C)(C)c1ccc(F)nc1F.CC(C)(C)c1ccnc(F)c1F.CC(C)(C)c1ccncc1F. The van der Waals surface area contributed by atoms with Crippen LogP contribution in [0, 0.1) is 29.5 Å². The first kappa shape index (κ1) is 30.1. The van der Waals surface area contributed by atoms with Crippen LogP contribution in [0.15, 0.2) is 42.9 Å². The van der Waals surface area contributed by atoms with E-state index in [1.807, 2.05) is 62.3 Å². The monoisotopic (exact) mass is 495 g/mol. The number of pyridine rings is 3. The maximum atomic E-state index is 13.1. The molecule has 3 aromatic heterocycles. The standard InChI is InChI=1S/2C9H11F2N.C9H12FN/c1-9(2,3)6-4-5-12-8(11)7(6)10;1-9(2,3)6-4-5-7(10)12-8(6)11;1-9(2,3)7-4-5-11-6-8(7)10/h2*4-5H,1-3H3;4-6H,1-3H3. The molecule has 8 heteroatoms. The van der Waals surface area contributed by atoms with E-state index < -0.39 is 23.7 Å². The Labute approximate surface area is 204 Å². The summed E-state index contributed by atoms with van der Waals surface area (Å²) in [5.74, 6) is -3.59. The minimum absolute atomic E-state index is 0.132. The molecule has 0 spiro atoms. The predicted molar refractivity (Wildman–Crippen MR) is 129 cm³/mol. The Kier molecular flexibility index (Phi) is 10.1. The molecule has 0 aliphatic heterocycles. The van der Waals surface area contributed by atoms with Gasteiger partial charge in [-0.15, -0.1) is 0 Å². The van der Waals surface area contributed by atoms with E-state index in [4.69, 9.17) is 0 Å². The molecule has 3 heterocycles. The summed E-state index contributed by atoms with van der Waals surface area (Å²) in [7, 11) is 0. The third-order valence-electron chi connectivity index (χ3n) is 4.86. The van der Waals surface area contributed by atoms with Crippen LogP contribution in [0.2, 0.25) is 0 Å². The zero-order valence-corrected chi connectivity index (χ0v) is 21.8. The molecule has 192 valence electrons. The van der Waals surface area contributed by atoms with E-state index >= 15 is 0 Å². The van der Waals surface area contributed by atoms with Crippen LogP contribution in [0.4, 0.5) is 22.0 Å². The highest BCUT2D eigenvalue weighted by Gasteiger charge is 2.21. The average molecular weight is 496 g/mol. The summed E-state index contributed by atoms with van der Waals surface area (Å²) in [6.07, 6.45) is 4.14. The minimum atomic E-state index is -1.03. The van der Waals surface area contributed by atoms with Crippen molar-refractivity contribution in [2.75, 3.05) is 0 Å². The van der Waals surface area contributed by atoms with Gasteiger partial charge >= 0.3 is 0 Å². The van der Waals surface area contributed by atoms with Gasteiger partial charge in [-0.1, -0.05) is 62.3 Å². The lowest BCUT2D eigenvalue weighted by molar-refractivity contribution is 0.444. The van der Waals surface area contributed by atoms with Crippen LogP contribution >= 0.6 is 0 Å². The molecular formula is C27H34F5N3. The van der Waals surface area contributed by atoms with Gasteiger partial charge in [-0.3, -0.25) is 4.98 Å². The quantitative estimate of drug-likeness (QED) is 0.236. The molecule has 3 rings (SSSR count). The Morgan fingerprint density at radius 2 is 1.09 bits per heavy atom. The topological polar surface area (TPSA) is 38.7 Å². The molecule has 3 aromatic rings. The highest BCUT2D eigenvalue weighted by molar-refractivity contribution is 5.22. The van der Waals surface area contributed by atoms with Gasteiger partial charge < -0.3 is 0 Å². The van der Waals surface area contributed by atoms with Crippen molar-refractivity contribution in [2.24, 2.45) is 0 Å². The first-order valence-electron chi connectivity index (χ1n) is 11.1. The Bertz CT molecular complexity index is 1110. The lowest BCUT2D eigenvalue weighted by atomic mass is 9.87. The smallest absolute Gasteiger partial charge is 0.249 e. The first-order valence-corrected chi connectivity index (χ1v) is 11.1. The van der Waals surface area contributed by atoms with Crippen LogP contribution in [0.25, 0.3) is 0 Å². The summed E-state index contributed by atoms with van der Waals surface area (Å²) in [5.41, 5.74) is 0.664. The summed E-state index contributed by atoms with van der Waals surface area (Å²) in [6.45, 7) is 17.0. The van der Waals surface area contributed by atoms with E-state index in [1.165, 1.54) is 30.6 Å². The molecule has 0 radical (unpaired) electrons. The van der Waals surface area contributed by atoms with Crippen LogP contribution < -0.4 is 0 Å². The maximum Gasteiger partial charge on any atom is 0.249 e. The summed E-state index contributed by atoms with van der Waals surface area (Å²) >= 11 is 0. The van der Waals surface area contributed by atoms with Crippen molar-refractivity contribution in [1.29, 1.82) is 0 Å². The molecule has 0 atom stereocenters. The number of rotatable bonds is 0. The Balaban J connectivity index is 0.000000263. The van der Waals surface area contributed by atoms with E-state index in [0.717, 1.165) is 0 Å². The number of aromatic nitrogens is 3. The first-order chi connectivity index (χ1) is 15.9. The van der Waals surface area contributed by atoms with E-state index in [2.05, 4.69) is 15.0 Å². The molecular weight excluding hydrogens is 461 g/mol. The molecule has 0 fully saturated rings. The summed E-state index contributed by atoms with van der Waals surface area (Å²) < 4.78 is 64.1. The van der Waals surface area contributed by atoms with E-state index in [1.54, 1.807) is 12.3 Å². The van der Waals surface area contributed by atoms with Gasteiger partial charge in [0.1, 0.15) is 5.82 Å². The molecule has 0 bridgehead atoms. The zero-order chi connectivity index (χ0) is 27.2. The Morgan fingerprint density at radius 3 is 1.49 bits per heavy atom. The maximum absolute atomic E-state index is 13.1. The molecule has 0 aliphatic carbocycles. The molecule has 0 saturated carbocycles. The third kappa shape index (κ3) is 9.34. The molecule has 35 heavy (non-hydrogen) atoms. The average Bonchev–Trinajstić information content (AvgIpc) is 2.68. The van der Waals surface area contributed by atoms with Crippen LogP contribution in [-0.2, 0) is 16.2 Å². The summed E-state index contributed by atoms with van der Waals surface area (Å²) in [5, 5.41) is 0. The van der Waals surface area contributed by atoms with Gasteiger partial charge in [0.2, 0.25) is 17.8 Å². The van der Waals surface area contributed by atoms with Crippen LogP contribution in [0.3, 0.4) is 0 Å². The normalized spacial score (nSPS) is 11.7. The van der Waals surface area contributed by atoms with E-state index in [9.17, 15) is 22.0 Å². The number of hydrogen-bond acceptors (Lipinski definition) is 3. The molecule has 0 unspecified atom stereocenters. The molecule has 0 saturated heterocycles. The predicted octanol–water partition coefficient (Wildman–Crippen LogP) is 7.83. The molecule has 0 aliphatic rings. The number of hydrogen-bond donors (Lipinski definition) is 0. The second-order valence-corrected chi connectivity index (χ2v) is 11.0. The molecule has 0 aromatic carbocycles. The van der Waals surface area contributed by atoms with Crippen molar-refractivity contribution in [3.05, 3.63) is 89.0 Å². The van der Waals surface area contributed by atoms with Crippen LogP contribution in [0.5, 0.6) is 0 Å². The largest absolute Gasteiger partial charge is 0.262 e. The van der Waals surface area contributed by atoms with Gasteiger partial charge in [0.25, 0.3) is 0 Å². The fourth-order valence-corrected chi connectivity index (χ4v) is 2.95. The molecule has 0 amide bonds. The number of halogens is 5. The Morgan fingerprint density at radius 1 is 0.571 bits per heavy atom. The minimum Gasteiger partial charge on any atom is -0.262 e. The number of nitrogens with zero attached hydrogens (tertiary/aromatic N) is 3. The fourth-order valence-electron chi connectivity index (χ4n) is 2.95. The van der Waals surface area contributed by atoms with Gasteiger partial charge in [-0.2, -0.15) is 18.2 Å². The van der Waals surface area contributed by atoms with Gasteiger partial charge in [0.05, 0.1) is 6.20 Å². The van der Waals surface area contributed by atoms with E-state index in [-0.39, 0.29) is 22.1 Å². The van der Waals surface area contributed by atoms with Crippen molar-refractivity contribution < 1.29 is 22.0 Å². The fraction of sp³-hybridized carbons (Fsp3) is 0.444.